The predicted molar refractivity (Wildman–Crippen MR) is 69.3 cm³/mol. The molecule has 0 saturated carbocycles. The molecule has 1 fully saturated rings. The van der Waals surface area contributed by atoms with E-state index in [1.165, 1.54) is 0 Å². The van der Waals surface area contributed by atoms with Gasteiger partial charge in [-0.3, -0.25) is 9.59 Å². The van der Waals surface area contributed by atoms with Crippen LogP contribution in [0.1, 0.15) is 40.0 Å². The predicted octanol–water partition coefficient (Wildman–Crippen LogP) is 1.09. The normalized spacial score (nSPS) is 20.5. The number of carboxylic acid groups (broad SMARTS) is 1. The quantitative estimate of drug-likeness (QED) is 0.790. The minimum Gasteiger partial charge on any atom is -0.481 e. The molecule has 1 heterocycles. The number of carboxylic acids is 1. The first-order chi connectivity index (χ1) is 8.32. The van der Waals surface area contributed by atoms with Crippen molar-refractivity contribution in [1.29, 1.82) is 0 Å². The van der Waals surface area contributed by atoms with Gasteiger partial charge in [-0.1, -0.05) is 0 Å². The van der Waals surface area contributed by atoms with E-state index < -0.39 is 5.97 Å². The van der Waals surface area contributed by atoms with Crippen molar-refractivity contribution >= 4 is 11.9 Å². The van der Waals surface area contributed by atoms with Crippen molar-refractivity contribution in [2.24, 2.45) is 5.92 Å². The van der Waals surface area contributed by atoms with Crippen molar-refractivity contribution in [1.82, 2.24) is 10.2 Å². The summed E-state index contributed by atoms with van der Waals surface area (Å²) in [7, 11) is 0. The van der Waals surface area contributed by atoms with E-state index in [0.717, 1.165) is 19.4 Å². The number of nitrogens with one attached hydrogen (secondary N) is 1. The molecule has 2 N–H and O–H groups in total. The lowest BCUT2D eigenvalue weighted by Crippen LogP contribution is -2.51. The molecule has 1 amide bonds. The third-order valence-electron chi connectivity index (χ3n) is 3.27. The van der Waals surface area contributed by atoms with Gasteiger partial charge in [0.15, 0.2) is 0 Å². The number of rotatable bonds is 4. The summed E-state index contributed by atoms with van der Waals surface area (Å²) in [5.74, 6) is -0.790. The Hall–Kier alpha value is -1.10. The van der Waals surface area contributed by atoms with Crippen molar-refractivity contribution in [3.63, 3.8) is 0 Å². The van der Waals surface area contributed by atoms with E-state index in [1.54, 1.807) is 4.90 Å². The van der Waals surface area contributed by atoms with E-state index in [2.05, 4.69) is 5.32 Å². The molecule has 1 aliphatic heterocycles. The highest BCUT2D eigenvalue weighted by molar-refractivity contribution is 5.80. The Morgan fingerprint density at radius 2 is 2.06 bits per heavy atom. The first-order valence-corrected chi connectivity index (χ1v) is 6.56. The molecule has 5 heteroatoms. The standard InChI is InChI=1S/C13H24N2O3/c1-13(2,3)15(8-6-11(16)17)12(18)10-5-4-7-14-9-10/h10,14H,4-9H2,1-3H3,(H,16,17). The fraction of sp³-hybridized carbons (Fsp3) is 0.846. The van der Waals surface area contributed by atoms with E-state index in [4.69, 9.17) is 5.11 Å². The van der Waals surface area contributed by atoms with Gasteiger partial charge >= 0.3 is 5.97 Å². The number of carbonyl (C=O) groups is 2. The summed E-state index contributed by atoms with van der Waals surface area (Å²) in [6, 6.07) is 0. The summed E-state index contributed by atoms with van der Waals surface area (Å²) in [5.41, 5.74) is -0.329. The Morgan fingerprint density at radius 1 is 1.39 bits per heavy atom. The number of amides is 1. The van der Waals surface area contributed by atoms with E-state index >= 15 is 0 Å². The van der Waals surface area contributed by atoms with Crippen LogP contribution < -0.4 is 5.32 Å². The molecule has 0 bridgehead atoms. The SMILES string of the molecule is CC(C)(C)N(CCC(=O)O)C(=O)C1CCCNC1. The summed E-state index contributed by atoms with van der Waals surface area (Å²) in [4.78, 5) is 24.8. The summed E-state index contributed by atoms with van der Waals surface area (Å²) in [5, 5.41) is 12.0. The van der Waals surface area contributed by atoms with E-state index in [1.807, 2.05) is 20.8 Å². The molecule has 0 aromatic heterocycles. The van der Waals surface area contributed by atoms with Crippen LogP contribution in [0.25, 0.3) is 0 Å². The Morgan fingerprint density at radius 3 is 2.50 bits per heavy atom. The molecule has 1 unspecified atom stereocenters. The minimum absolute atomic E-state index is 0.00313. The number of hydrogen-bond donors (Lipinski definition) is 2. The fourth-order valence-corrected chi connectivity index (χ4v) is 2.27. The molecule has 0 aromatic rings. The Kier molecular flexibility index (Phi) is 5.14. The van der Waals surface area contributed by atoms with Gasteiger partial charge in [0.25, 0.3) is 0 Å². The molecule has 1 rings (SSSR count). The number of piperidine rings is 1. The van der Waals surface area contributed by atoms with Crippen LogP contribution in [0.4, 0.5) is 0 Å². The number of aliphatic carboxylic acids is 1. The molecular formula is C13H24N2O3. The number of nitrogens with zero attached hydrogens (tertiary/aromatic N) is 1. The summed E-state index contributed by atoms with van der Waals surface area (Å²) >= 11 is 0. The lowest BCUT2D eigenvalue weighted by Gasteiger charge is -2.38. The minimum atomic E-state index is -0.862. The second-order valence-corrected chi connectivity index (χ2v) is 5.85. The van der Waals surface area contributed by atoms with Gasteiger partial charge in [0.1, 0.15) is 0 Å². The smallest absolute Gasteiger partial charge is 0.305 e. The molecule has 1 atom stereocenters. The molecule has 0 spiro atoms. The molecule has 0 radical (unpaired) electrons. The summed E-state index contributed by atoms with van der Waals surface area (Å²) in [6.45, 7) is 7.80. The maximum Gasteiger partial charge on any atom is 0.305 e. The molecular weight excluding hydrogens is 232 g/mol. The largest absolute Gasteiger partial charge is 0.481 e. The van der Waals surface area contributed by atoms with Gasteiger partial charge < -0.3 is 15.3 Å². The van der Waals surface area contributed by atoms with Crippen molar-refractivity contribution in [3.8, 4) is 0 Å². The molecule has 0 aromatic carbocycles. The van der Waals surface area contributed by atoms with Crippen LogP contribution >= 0.6 is 0 Å². The number of hydrogen-bond acceptors (Lipinski definition) is 3. The van der Waals surface area contributed by atoms with Crippen LogP contribution in [-0.2, 0) is 9.59 Å². The van der Waals surface area contributed by atoms with E-state index in [0.29, 0.717) is 6.54 Å². The Bertz CT molecular complexity index is 304. The molecule has 0 aliphatic carbocycles. The van der Waals surface area contributed by atoms with Gasteiger partial charge in [-0.2, -0.15) is 0 Å². The highest BCUT2D eigenvalue weighted by Gasteiger charge is 2.32. The van der Waals surface area contributed by atoms with Gasteiger partial charge in [-0.05, 0) is 40.2 Å². The van der Waals surface area contributed by atoms with Crippen LogP contribution in [-0.4, -0.2) is 47.1 Å². The van der Waals surface area contributed by atoms with Crippen LogP contribution in [0, 0.1) is 5.92 Å². The van der Waals surface area contributed by atoms with Crippen molar-refractivity contribution in [3.05, 3.63) is 0 Å². The zero-order chi connectivity index (χ0) is 13.8. The number of carbonyl (C=O) groups excluding carboxylic acids is 1. The second kappa shape index (κ2) is 6.18. The Labute approximate surface area is 109 Å². The molecule has 104 valence electrons. The van der Waals surface area contributed by atoms with Gasteiger partial charge in [-0.25, -0.2) is 0 Å². The lowest BCUT2D eigenvalue weighted by atomic mass is 9.95. The third-order valence-corrected chi connectivity index (χ3v) is 3.27. The maximum atomic E-state index is 12.5. The Balaban J connectivity index is 2.68. The second-order valence-electron chi connectivity index (χ2n) is 5.85. The average molecular weight is 256 g/mol. The van der Waals surface area contributed by atoms with Gasteiger partial charge in [0.2, 0.25) is 5.91 Å². The van der Waals surface area contributed by atoms with Gasteiger partial charge in [-0.15, -0.1) is 0 Å². The van der Waals surface area contributed by atoms with Crippen molar-refractivity contribution in [2.45, 2.75) is 45.6 Å². The summed E-state index contributed by atoms with van der Waals surface area (Å²) < 4.78 is 0. The van der Waals surface area contributed by atoms with E-state index in [-0.39, 0.29) is 30.3 Å². The summed E-state index contributed by atoms with van der Waals surface area (Å²) in [6.07, 6.45) is 1.90. The fourth-order valence-electron chi connectivity index (χ4n) is 2.27. The average Bonchev–Trinajstić information content (AvgIpc) is 2.28. The van der Waals surface area contributed by atoms with Crippen molar-refractivity contribution in [2.75, 3.05) is 19.6 Å². The van der Waals surface area contributed by atoms with Gasteiger partial charge in [0.05, 0.1) is 12.3 Å². The zero-order valence-corrected chi connectivity index (χ0v) is 11.5. The highest BCUT2D eigenvalue weighted by Crippen LogP contribution is 2.21. The van der Waals surface area contributed by atoms with Crippen LogP contribution in [0.3, 0.4) is 0 Å². The zero-order valence-electron chi connectivity index (χ0n) is 11.5. The van der Waals surface area contributed by atoms with Crippen LogP contribution in [0.15, 0.2) is 0 Å². The van der Waals surface area contributed by atoms with Crippen LogP contribution in [0.2, 0.25) is 0 Å². The lowest BCUT2D eigenvalue weighted by molar-refractivity contribution is -0.143. The van der Waals surface area contributed by atoms with Gasteiger partial charge in [0, 0.05) is 18.6 Å². The molecule has 1 saturated heterocycles. The molecule has 5 nitrogen and oxygen atoms in total. The first-order valence-electron chi connectivity index (χ1n) is 6.56. The third kappa shape index (κ3) is 4.29. The molecule has 1 aliphatic rings. The maximum absolute atomic E-state index is 12.5. The van der Waals surface area contributed by atoms with Crippen LogP contribution in [0.5, 0.6) is 0 Å². The highest BCUT2D eigenvalue weighted by atomic mass is 16.4. The topological polar surface area (TPSA) is 69.6 Å². The van der Waals surface area contributed by atoms with Crippen molar-refractivity contribution < 1.29 is 14.7 Å². The van der Waals surface area contributed by atoms with E-state index in [9.17, 15) is 9.59 Å². The monoisotopic (exact) mass is 256 g/mol. The molecule has 18 heavy (non-hydrogen) atoms. The first kappa shape index (κ1) is 15.0.